The molecule has 0 bridgehead atoms. The fourth-order valence-electron chi connectivity index (χ4n) is 5.68. The molecule has 2 amide bonds. The summed E-state index contributed by atoms with van der Waals surface area (Å²) < 4.78 is 30.7. The van der Waals surface area contributed by atoms with Crippen LogP contribution in [0.2, 0.25) is 0 Å². The summed E-state index contributed by atoms with van der Waals surface area (Å²) in [5.74, 6) is -3.72. The predicted octanol–water partition coefficient (Wildman–Crippen LogP) is 4.70. The SMILES string of the molecule is C=CC(=O)N1CCN(C2=NC(=O)C(c3c(C)ccnc3C(C)C)c3nc(-c4c(O)cccc4F)c(F)cc32)[C@@H](C)C1. The van der Waals surface area contributed by atoms with E-state index in [9.17, 15) is 19.1 Å². The molecule has 0 saturated carbocycles. The van der Waals surface area contributed by atoms with Gasteiger partial charge in [0.25, 0.3) is 5.91 Å². The minimum absolute atomic E-state index is 0.0439. The molecule has 2 aromatic heterocycles. The molecule has 2 atom stereocenters. The standard InChI is InChI=1S/C31H31F2N5O3/c1-6-23(40)37-12-13-38(18(5)15-37)30-19-14-21(33)29(25-20(32)8-7-9-22(25)39)35-28(19)26(31(41)36-30)24-17(4)10-11-34-27(24)16(2)3/h6-11,14,16,18,26,39H,1,12-13,15H2,2-5H3/t18-,26?/m0/s1. The molecule has 0 spiro atoms. The number of aliphatic imine (C=N–C) groups is 1. The highest BCUT2D eigenvalue weighted by Gasteiger charge is 2.40. The number of phenols is 1. The molecule has 0 radical (unpaired) electrons. The second-order valence-corrected chi connectivity index (χ2v) is 10.7. The van der Waals surface area contributed by atoms with E-state index in [2.05, 4.69) is 21.5 Å². The third-order valence-corrected chi connectivity index (χ3v) is 7.67. The molecule has 1 fully saturated rings. The van der Waals surface area contributed by atoms with Crippen LogP contribution in [0.25, 0.3) is 11.3 Å². The van der Waals surface area contributed by atoms with Gasteiger partial charge in [-0.1, -0.05) is 26.5 Å². The van der Waals surface area contributed by atoms with Gasteiger partial charge < -0.3 is 14.9 Å². The highest BCUT2D eigenvalue weighted by atomic mass is 19.1. The molecule has 1 saturated heterocycles. The number of amidine groups is 1. The summed E-state index contributed by atoms with van der Waals surface area (Å²) >= 11 is 0. The molecule has 2 aliphatic heterocycles. The Labute approximate surface area is 237 Å². The van der Waals surface area contributed by atoms with Gasteiger partial charge in [0.2, 0.25) is 5.91 Å². The second kappa shape index (κ2) is 10.8. The highest BCUT2D eigenvalue weighted by Crippen LogP contribution is 2.41. The van der Waals surface area contributed by atoms with Gasteiger partial charge >= 0.3 is 0 Å². The number of halogens is 2. The molecule has 0 aliphatic carbocycles. The van der Waals surface area contributed by atoms with Gasteiger partial charge in [-0.3, -0.25) is 14.6 Å². The number of aryl methyl sites for hydroxylation is 1. The van der Waals surface area contributed by atoms with Crippen molar-refractivity contribution in [1.29, 1.82) is 0 Å². The Morgan fingerprint density at radius 1 is 1.20 bits per heavy atom. The third kappa shape index (κ3) is 4.87. The number of rotatable bonds is 4. The summed E-state index contributed by atoms with van der Waals surface area (Å²) in [6.07, 6.45) is 2.93. The van der Waals surface area contributed by atoms with E-state index < -0.39 is 34.9 Å². The lowest BCUT2D eigenvalue weighted by molar-refractivity contribution is -0.128. The quantitative estimate of drug-likeness (QED) is 0.466. The average molecular weight is 560 g/mol. The molecule has 5 rings (SSSR count). The molecule has 4 heterocycles. The van der Waals surface area contributed by atoms with Gasteiger partial charge in [0.1, 0.15) is 34.8 Å². The topological polar surface area (TPSA) is 99.0 Å². The number of aromatic nitrogens is 2. The Kier molecular flexibility index (Phi) is 7.42. The number of carbonyl (C=O) groups is 2. The Hall–Kier alpha value is -4.47. The predicted molar refractivity (Wildman–Crippen MR) is 151 cm³/mol. The van der Waals surface area contributed by atoms with E-state index in [0.29, 0.717) is 36.5 Å². The summed E-state index contributed by atoms with van der Waals surface area (Å²) in [6.45, 7) is 12.3. The van der Waals surface area contributed by atoms with Crippen LogP contribution in [0.5, 0.6) is 5.75 Å². The van der Waals surface area contributed by atoms with E-state index in [1.807, 2.05) is 32.6 Å². The van der Waals surface area contributed by atoms with Crippen LogP contribution in [0.4, 0.5) is 8.78 Å². The van der Waals surface area contributed by atoms with E-state index in [1.165, 1.54) is 24.3 Å². The van der Waals surface area contributed by atoms with Crippen molar-refractivity contribution in [1.82, 2.24) is 19.8 Å². The van der Waals surface area contributed by atoms with Gasteiger partial charge in [0.15, 0.2) is 0 Å². The van der Waals surface area contributed by atoms with Crippen LogP contribution in [0.3, 0.4) is 0 Å². The monoisotopic (exact) mass is 559 g/mol. The zero-order valence-corrected chi connectivity index (χ0v) is 23.4. The molecule has 212 valence electrons. The largest absolute Gasteiger partial charge is 0.507 e. The van der Waals surface area contributed by atoms with Gasteiger partial charge in [-0.2, -0.15) is 4.99 Å². The number of benzene rings is 1. The summed E-state index contributed by atoms with van der Waals surface area (Å²) in [5.41, 5.74) is 1.79. The van der Waals surface area contributed by atoms with Gasteiger partial charge in [-0.15, -0.1) is 0 Å². The van der Waals surface area contributed by atoms with E-state index >= 15 is 4.39 Å². The van der Waals surface area contributed by atoms with Crippen LogP contribution >= 0.6 is 0 Å². The van der Waals surface area contributed by atoms with Crippen LogP contribution < -0.4 is 0 Å². The Bertz CT molecular complexity index is 1580. The van der Waals surface area contributed by atoms with Crippen LogP contribution in [0, 0.1) is 18.6 Å². The van der Waals surface area contributed by atoms with Crippen molar-refractivity contribution in [2.45, 2.75) is 45.6 Å². The number of amides is 2. The van der Waals surface area contributed by atoms with E-state index in [0.717, 1.165) is 11.6 Å². The summed E-state index contributed by atoms with van der Waals surface area (Å²) in [7, 11) is 0. The number of carbonyl (C=O) groups excluding carboxylic acids is 2. The van der Waals surface area contributed by atoms with Crippen molar-refractivity contribution in [3.8, 4) is 17.0 Å². The maximum atomic E-state index is 15.8. The maximum absolute atomic E-state index is 15.8. The van der Waals surface area contributed by atoms with E-state index in [-0.39, 0.29) is 35.0 Å². The molecule has 41 heavy (non-hydrogen) atoms. The fraction of sp³-hybridized carbons (Fsp3) is 0.323. The maximum Gasteiger partial charge on any atom is 0.261 e. The van der Waals surface area contributed by atoms with Crippen molar-refractivity contribution in [2.75, 3.05) is 19.6 Å². The lowest BCUT2D eigenvalue weighted by Crippen LogP contribution is -2.56. The number of hydrogen-bond acceptors (Lipinski definition) is 6. The van der Waals surface area contributed by atoms with Gasteiger partial charge in [-0.25, -0.2) is 13.8 Å². The second-order valence-electron chi connectivity index (χ2n) is 10.7. The first-order valence-corrected chi connectivity index (χ1v) is 13.5. The highest BCUT2D eigenvalue weighted by molar-refractivity contribution is 6.12. The molecule has 1 unspecified atom stereocenters. The third-order valence-electron chi connectivity index (χ3n) is 7.67. The first kappa shape index (κ1) is 28.1. The number of phenolic OH excluding ortho intramolecular Hbond substituents is 1. The van der Waals surface area contributed by atoms with Crippen molar-refractivity contribution in [2.24, 2.45) is 4.99 Å². The Morgan fingerprint density at radius 3 is 2.61 bits per heavy atom. The molecular weight excluding hydrogens is 528 g/mol. The Morgan fingerprint density at radius 2 is 1.95 bits per heavy atom. The van der Waals surface area contributed by atoms with Crippen LogP contribution in [0.15, 0.2) is 54.2 Å². The Balaban J connectivity index is 1.73. The minimum atomic E-state index is -1.02. The van der Waals surface area contributed by atoms with Crippen molar-refractivity contribution < 1.29 is 23.5 Å². The van der Waals surface area contributed by atoms with Crippen LogP contribution in [0.1, 0.15) is 60.7 Å². The number of fused-ring (bicyclic) bond motifs is 1. The zero-order valence-electron chi connectivity index (χ0n) is 23.4. The van der Waals surface area contributed by atoms with E-state index in [4.69, 9.17) is 0 Å². The fourth-order valence-corrected chi connectivity index (χ4v) is 5.68. The summed E-state index contributed by atoms with van der Waals surface area (Å²) in [6, 6.07) is 6.41. The lowest BCUT2D eigenvalue weighted by Gasteiger charge is -2.42. The molecular formula is C31H31F2N5O3. The number of nitrogens with zero attached hydrogens (tertiary/aromatic N) is 5. The lowest BCUT2D eigenvalue weighted by atomic mass is 9.83. The number of hydrogen-bond donors (Lipinski definition) is 1. The molecule has 8 nitrogen and oxygen atoms in total. The van der Waals surface area contributed by atoms with Gasteiger partial charge in [0.05, 0.1) is 11.3 Å². The number of pyridine rings is 2. The number of piperazine rings is 1. The van der Waals surface area contributed by atoms with Gasteiger partial charge in [0, 0.05) is 43.1 Å². The van der Waals surface area contributed by atoms with Crippen molar-refractivity contribution in [3.63, 3.8) is 0 Å². The zero-order chi connectivity index (χ0) is 29.6. The smallest absolute Gasteiger partial charge is 0.261 e. The van der Waals surface area contributed by atoms with Crippen molar-refractivity contribution in [3.05, 3.63) is 88.9 Å². The first-order valence-electron chi connectivity index (χ1n) is 13.5. The van der Waals surface area contributed by atoms with Gasteiger partial charge in [-0.05, 0) is 61.2 Å². The van der Waals surface area contributed by atoms with Crippen LogP contribution in [-0.2, 0) is 9.59 Å². The summed E-state index contributed by atoms with van der Waals surface area (Å²) in [4.78, 5) is 43.3. The number of aromatic hydroxyl groups is 1. The van der Waals surface area contributed by atoms with Crippen molar-refractivity contribution >= 4 is 17.6 Å². The normalized spacial score (nSPS) is 18.8. The molecule has 3 aromatic rings. The molecule has 10 heteroatoms. The summed E-state index contributed by atoms with van der Waals surface area (Å²) in [5, 5.41) is 10.5. The van der Waals surface area contributed by atoms with Crippen LogP contribution in [-0.4, -0.2) is 68.2 Å². The molecule has 2 aliphatic rings. The first-order chi connectivity index (χ1) is 19.5. The minimum Gasteiger partial charge on any atom is -0.507 e. The average Bonchev–Trinajstić information content (AvgIpc) is 2.93. The molecule has 1 N–H and O–H groups in total. The van der Waals surface area contributed by atoms with E-state index in [1.54, 1.807) is 17.2 Å². The molecule has 1 aromatic carbocycles.